The van der Waals surface area contributed by atoms with Gasteiger partial charge in [-0.05, 0) is 0 Å². The summed E-state index contributed by atoms with van der Waals surface area (Å²) in [6.07, 6.45) is 0. The predicted octanol–water partition coefficient (Wildman–Crippen LogP) is 0.124. The zero-order valence-electron chi connectivity index (χ0n) is 9.39. The van der Waals surface area contributed by atoms with E-state index in [0.29, 0.717) is 6.54 Å². The number of carboxylic acid groups (broad SMARTS) is 1. The van der Waals surface area contributed by atoms with Crippen LogP contribution in [0.2, 0.25) is 0 Å². The fourth-order valence-electron chi connectivity index (χ4n) is 0.960. The number of hydrogen-bond donors (Lipinski definition) is 1. The van der Waals surface area contributed by atoms with Crippen molar-refractivity contribution in [3.63, 3.8) is 0 Å². The number of quaternary nitrogens is 1. The van der Waals surface area contributed by atoms with Crippen molar-refractivity contribution in [1.29, 1.82) is 0 Å². The van der Waals surface area contributed by atoms with Crippen LogP contribution in [0.15, 0.2) is 12.3 Å². The minimum atomic E-state index is -0.915. The lowest BCUT2D eigenvalue weighted by atomic mass is 10.4. The molecule has 0 saturated heterocycles. The Kier molecular flexibility index (Phi) is 5.19. The SMILES string of the molecule is [C-]#[N+]C(=C)C(=O)OCC[N+](C)(C)CC(=O)O. The molecule has 16 heavy (non-hydrogen) atoms. The Morgan fingerprint density at radius 2 is 2.06 bits per heavy atom. The molecule has 0 spiro atoms. The second-order valence-electron chi connectivity index (χ2n) is 3.91. The molecular formula is C10H15N2O4+. The molecule has 0 aliphatic rings. The van der Waals surface area contributed by atoms with Gasteiger partial charge in [-0.25, -0.2) is 9.64 Å². The van der Waals surface area contributed by atoms with Crippen LogP contribution in [0, 0.1) is 6.57 Å². The summed E-state index contributed by atoms with van der Waals surface area (Å²) in [5.74, 6) is -1.67. The van der Waals surface area contributed by atoms with Gasteiger partial charge in [-0.1, -0.05) is 6.58 Å². The van der Waals surface area contributed by atoms with Gasteiger partial charge in [-0.2, -0.15) is 0 Å². The smallest absolute Gasteiger partial charge is 0.359 e. The lowest BCUT2D eigenvalue weighted by Gasteiger charge is -2.27. The van der Waals surface area contributed by atoms with E-state index in [1.54, 1.807) is 14.1 Å². The minimum Gasteiger partial charge on any atom is -0.477 e. The number of esters is 1. The van der Waals surface area contributed by atoms with Gasteiger partial charge in [-0.3, -0.25) is 4.79 Å². The zero-order chi connectivity index (χ0) is 12.8. The van der Waals surface area contributed by atoms with E-state index in [4.69, 9.17) is 16.4 Å². The van der Waals surface area contributed by atoms with Crippen LogP contribution in [0.25, 0.3) is 4.85 Å². The van der Waals surface area contributed by atoms with Crippen molar-refractivity contribution in [3.8, 4) is 0 Å². The van der Waals surface area contributed by atoms with Gasteiger partial charge in [0.1, 0.15) is 13.2 Å². The molecule has 0 unspecified atom stereocenters. The lowest BCUT2D eigenvalue weighted by Crippen LogP contribution is -2.46. The van der Waals surface area contributed by atoms with Gasteiger partial charge < -0.3 is 14.3 Å². The van der Waals surface area contributed by atoms with E-state index in [0.717, 1.165) is 0 Å². The molecular weight excluding hydrogens is 212 g/mol. The summed E-state index contributed by atoms with van der Waals surface area (Å²) in [4.78, 5) is 24.3. The van der Waals surface area contributed by atoms with Gasteiger partial charge in [0.15, 0.2) is 6.54 Å². The highest BCUT2D eigenvalue weighted by Crippen LogP contribution is 1.99. The molecule has 1 N–H and O–H groups in total. The molecule has 0 aromatic carbocycles. The monoisotopic (exact) mass is 227 g/mol. The first-order chi connectivity index (χ1) is 7.28. The van der Waals surface area contributed by atoms with Gasteiger partial charge in [0.2, 0.25) is 0 Å². The summed E-state index contributed by atoms with van der Waals surface area (Å²) in [5.41, 5.74) is -0.274. The summed E-state index contributed by atoms with van der Waals surface area (Å²) in [6.45, 7) is 10.1. The third kappa shape index (κ3) is 5.78. The molecule has 6 heteroatoms. The number of carboxylic acids is 1. The molecule has 0 bridgehead atoms. The van der Waals surface area contributed by atoms with E-state index in [1.807, 2.05) is 0 Å². The number of hydrogen-bond acceptors (Lipinski definition) is 3. The van der Waals surface area contributed by atoms with Crippen molar-refractivity contribution in [2.75, 3.05) is 33.8 Å². The summed E-state index contributed by atoms with van der Waals surface area (Å²) >= 11 is 0. The van der Waals surface area contributed by atoms with Crippen LogP contribution < -0.4 is 0 Å². The third-order valence-electron chi connectivity index (χ3n) is 1.86. The molecule has 0 radical (unpaired) electrons. The molecule has 0 heterocycles. The topological polar surface area (TPSA) is 68.0 Å². The van der Waals surface area contributed by atoms with E-state index in [-0.39, 0.29) is 23.3 Å². The van der Waals surface area contributed by atoms with Crippen LogP contribution in [0.5, 0.6) is 0 Å². The largest absolute Gasteiger partial charge is 0.477 e. The summed E-state index contributed by atoms with van der Waals surface area (Å²) < 4.78 is 4.95. The van der Waals surface area contributed by atoms with E-state index in [1.165, 1.54) is 0 Å². The molecule has 88 valence electrons. The fraction of sp³-hybridized carbons (Fsp3) is 0.500. The van der Waals surface area contributed by atoms with Crippen LogP contribution in [-0.2, 0) is 14.3 Å². The fourth-order valence-corrected chi connectivity index (χ4v) is 0.960. The summed E-state index contributed by atoms with van der Waals surface area (Å²) in [5, 5.41) is 8.61. The van der Waals surface area contributed by atoms with Gasteiger partial charge in [-0.15, -0.1) is 0 Å². The Morgan fingerprint density at radius 3 is 2.50 bits per heavy atom. The molecule has 6 nitrogen and oxygen atoms in total. The number of rotatable bonds is 6. The van der Waals surface area contributed by atoms with Gasteiger partial charge in [0.05, 0.1) is 20.7 Å². The van der Waals surface area contributed by atoms with Crippen LogP contribution in [0.4, 0.5) is 0 Å². The Bertz CT molecular complexity index is 341. The standard InChI is InChI=1S/C10H14N2O4/c1-8(11-2)10(15)16-6-5-12(3,4)7-9(13)14/h1,5-7H2,3-4H3/p+1. The van der Waals surface area contributed by atoms with Gasteiger partial charge in [0, 0.05) is 0 Å². The number of ether oxygens (including phenoxy) is 1. The Morgan fingerprint density at radius 1 is 1.50 bits per heavy atom. The van der Waals surface area contributed by atoms with Crippen molar-refractivity contribution >= 4 is 11.9 Å². The highest BCUT2D eigenvalue weighted by atomic mass is 16.5. The lowest BCUT2D eigenvalue weighted by molar-refractivity contribution is -0.883. The molecule has 0 aliphatic carbocycles. The van der Waals surface area contributed by atoms with Crippen molar-refractivity contribution in [1.82, 2.24) is 0 Å². The maximum absolute atomic E-state index is 11.0. The molecule has 0 fully saturated rings. The number of likely N-dealkylation sites (N-methyl/N-ethyl adjacent to an activating group) is 1. The highest BCUT2D eigenvalue weighted by molar-refractivity contribution is 5.89. The average molecular weight is 227 g/mol. The Hall–Kier alpha value is -1.87. The summed E-state index contributed by atoms with van der Waals surface area (Å²) in [7, 11) is 3.43. The maximum atomic E-state index is 11.0. The number of nitrogens with zero attached hydrogens (tertiary/aromatic N) is 2. The molecule has 0 aromatic rings. The minimum absolute atomic E-state index is 0.0542. The van der Waals surface area contributed by atoms with Crippen molar-refractivity contribution in [2.24, 2.45) is 0 Å². The quantitative estimate of drug-likeness (QED) is 0.303. The number of carbonyl (C=O) groups is 2. The van der Waals surface area contributed by atoms with Crippen molar-refractivity contribution < 1.29 is 23.9 Å². The number of aliphatic carboxylic acids is 1. The van der Waals surface area contributed by atoms with Crippen LogP contribution >= 0.6 is 0 Å². The molecule has 0 aliphatic heterocycles. The first-order valence-corrected chi connectivity index (χ1v) is 4.56. The van der Waals surface area contributed by atoms with E-state index >= 15 is 0 Å². The zero-order valence-corrected chi connectivity index (χ0v) is 9.39. The molecule has 0 atom stereocenters. The second-order valence-corrected chi connectivity index (χ2v) is 3.91. The molecule has 0 saturated carbocycles. The van der Waals surface area contributed by atoms with E-state index < -0.39 is 11.9 Å². The van der Waals surface area contributed by atoms with Crippen molar-refractivity contribution in [3.05, 3.63) is 23.7 Å². The summed E-state index contributed by atoms with van der Waals surface area (Å²) in [6, 6.07) is 0. The van der Waals surface area contributed by atoms with Crippen LogP contribution in [-0.4, -0.2) is 55.3 Å². The molecule has 0 rings (SSSR count). The maximum Gasteiger partial charge on any atom is 0.359 e. The number of carbonyl (C=O) groups excluding carboxylic acids is 1. The van der Waals surface area contributed by atoms with E-state index in [2.05, 4.69) is 11.4 Å². The van der Waals surface area contributed by atoms with Crippen LogP contribution in [0.1, 0.15) is 0 Å². The molecule has 0 amide bonds. The second kappa shape index (κ2) is 5.88. The van der Waals surface area contributed by atoms with Crippen molar-refractivity contribution in [2.45, 2.75) is 0 Å². The third-order valence-corrected chi connectivity index (χ3v) is 1.86. The first-order valence-electron chi connectivity index (χ1n) is 4.56. The highest BCUT2D eigenvalue weighted by Gasteiger charge is 2.20. The van der Waals surface area contributed by atoms with Crippen LogP contribution in [0.3, 0.4) is 0 Å². The van der Waals surface area contributed by atoms with E-state index in [9.17, 15) is 9.59 Å². The predicted molar refractivity (Wildman–Crippen MR) is 56.2 cm³/mol. The Balaban J connectivity index is 3.99. The normalized spacial score (nSPS) is 10.3. The van der Waals surface area contributed by atoms with Gasteiger partial charge in [0.25, 0.3) is 5.70 Å². The first kappa shape index (κ1) is 14.1. The molecule has 0 aromatic heterocycles. The van der Waals surface area contributed by atoms with Gasteiger partial charge >= 0.3 is 11.9 Å². The average Bonchev–Trinajstić information content (AvgIpc) is 2.13. The Labute approximate surface area is 94.1 Å².